The molecule has 0 heterocycles. The van der Waals surface area contributed by atoms with Crippen LogP contribution in [0.25, 0.3) is 0 Å². The average molecular weight is 244 g/mol. The van der Waals surface area contributed by atoms with Crippen LogP contribution in [0.15, 0.2) is 18.2 Å². The Morgan fingerprint density at radius 2 is 2.06 bits per heavy atom. The van der Waals surface area contributed by atoms with Crippen LogP contribution in [-0.4, -0.2) is 34.5 Å². The highest BCUT2D eigenvalue weighted by molar-refractivity contribution is 5.75. The molecule has 0 aliphatic heterocycles. The van der Waals surface area contributed by atoms with Crippen LogP contribution in [0.5, 0.6) is 0 Å². The molecule has 0 radical (unpaired) electrons. The summed E-state index contributed by atoms with van der Waals surface area (Å²) in [5, 5.41) is 27.9. The minimum atomic E-state index is -1.80. The zero-order valence-corrected chi connectivity index (χ0v) is 9.13. The van der Waals surface area contributed by atoms with Crippen molar-refractivity contribution in [1.29, 1.82) is 0 Å². The van der Waals surface area contributed by atoms with Crippen molar-refractivity contribution < 1.29 is 29.2 Å². The van der Waals surface area contributed by atoms with Crippen LogP contribution in [0, 0.1) is 5.82 Å². The minimum absolute atomic E-state index is 0.00745. The van der Waals surface area contributed by atoms with Crippen molar-refractivity contribution in [3.8, 4) is 0 Å². The second-order valence-electron chi connectivity index (χ2n) is 3.46. The molecule has 0 aliphatic carbocycles. The molecule has 94 valence electrons. The number of aliphatic hydroxyl groups is 3. The van der Waals surface area contributed by atoms with Gasteiger partial charge in [0.05, 0.1) is 13.7 Å². The predicted molar refractivity (Wildman–Crippen MR) is 55.3 cm³/mol. The SMILES string of the molecule is COC(=O)C(O)C(O)c1cc(F)cc(CO)c1. The zero-order valence-electron chi connectivity index (χ0n) is 9.13. The molecule has 5 nitrogen and oxygen atoms in total. The summed E-state index contributed by atoms with van der Waals surface area (Å²) in [4.78, 5) is 11.0. The molecule has 3 N–H and O–H groups in total. The van der Waals surface area contributed by atoms with Gasteiger partial charge in [0.2, 0.25) is 0 Å². The third-order valence-electron chi connectivity index (χ3n) is 2.25. The van der Waals surface area contributed by atoms with E-state index in [1.165, 1.54) is 6.07 Å². The number of carbonyl (C=O) groups is 1. The molecule has 0 saturated carbocycles. The molecule has 0 bridgehead atoms. The fourth-order valence-corrected chi connectivity index (χ4v) is 1.37. The van der Waals surface area contributed by atoms with Crippen molar-refractivity contribution in [2.45, 2.75) is 18.8 Å². The fourth-order valence-electron chi connectivity index (χ4n) is 1.37. The molecule has 2 unspecified atom stereocenters. The van der Waals surface area contributed by atoms with Gasteiger partial charge in [0, 0.05) is 0 Å². The van der Waals surface area contributed by atoms with Crippen molar-refractivity contribution in [1.82, 2.24) is 0 Å². The Balaban J connectivity index is 2.99. The average Bonchev–Trinajstić information content (AvgIpc) is 2.35. The van der Waals surface area contributed by atoms with Gasteiger partial charge in [-0.1, -0.05) is 6.07 Å². The van der Waals surface area contributed by atoms with Gasteiger partial charge in [-0.15, -0.1) is 0 Å². The number of aliphatic hydroxyl groups excluding tert-OH is 3. The Kier molecular flexibility index (Phi) is 4.56. The number of methoxy groups -OCH3 is 1. The van der Waals surface area contributed by atoms with Crippen LogP contribution in [0.1, 0.15) is 17.2 Å². The quantitative estimate of drug-likeness (QED) is 0.643. The normalized spacial score (nSPS) is 14.2. The largest absolute Gasteiger partial charge is 0.467 e. The molecule has 17 heavy (non-hydrogen) atoms. The summed E-state index contributed by atoms with van der Waals surface area (Å²) in [6.07, 6.45) is -3.41. The van der Waals surface area contributed by atoms with Gasteiger partial charge in [-0.25, -0.2) is 9.18 Å². The van der Waals surface area contributed by atoms with Crippen molar-refractivity contribution in [3.63, 3.8) is 0 Å². The van der Waals surface area contributed by atoms with Gasteiger partial charge in [-0.05, 0) is 23.3 Å². The number of benzene rings is 1. The minimum Gasteiger partial charge on any atom is -0.467 e. The van der Waals surface area contributed by atoms with Gasteiger partial charge in [-0.3, -0.25) is 0 Å². The van der Waals surface area contributed by atoms with Crippen molar-refractivity contribution >= 4 is 5.97 Å². The number of ether oxygens (including phenoxy) is 1. The van der Waals surface area contributed by atoms with E-state index in [2.05, 4.69) is 4.74 Å². The highest BCUT2D eigenvalue weighted by Gasteiger charge is 2.27. The first-order valence-electron chi connectivity index (χ1n) is 4.83. The van der Waals surface area contributed by atoms with Crippen molar-refractivity contribution in [3.05, 3.63) is 35.1 Å². The molecule has 0 aromatic heterocycles. The second kappa shape index (κ2) is 5.72. The van der Waals surface area contributed by atoms with E-state index in [1.54, 1.807) is 0 Å². The number of esters is 1. The summed E-state index contributed by atoms with van der Waals surface area (Å²) < 4.78 is 17.4. The molecule has 0 spiro atoms. The predicted octanol–water partition coefficient (Wildman–Crippen LogP) is -0.115. The summed E-state index contributed by atoms with van der Waals surface area (Å²) in [7, 11) is 1.06. The first-order chi connectivity index (χ1) is 7.99. The van der Waals surface area contributed by atoms with Gasteiger partial charge in [0.25, 0.3) is 0 Å². The Morgan fingerprint density at radius 1 is 1.41 bits per heavy atom. The molecule has 0 amide bonds. The van der Waals surface area contributed by atoms with E-state index in [1.807, 2.05) is 0 Å². The standard InChI is InChI=1S/C11H13FO5/c1-17-11(16)10(15)9(14)7-2-6(5-13)3-8(12)4-7/h2-4,9-10,13-15H,5H2,1H3. The Hall–Kier alpha value is -1.50. The Bertz CT molecular complexity index is 407. The van der Waals surface area contributed by atoms with E-state index >= 15 is 0 Å². The first kappa shape index (κ1) is 13.6. The van der Waals surface area contributed by atoms with Gasteiger partial charge in [-0.2, -0.15) is 0 Å². The lowest BCUT2D eigenvalue weighted by molar-refractivity contribution is -0.156. The lowest BCUT2D eigenvalue weighted by Crippen LogP contribution is -2.29. The topological polar surface area (TPSA) is 87.0 Å². The maximum absolute atomic E-state index is 13.1. The molecule has 0 saturated heterocycles. The first-order valence-corrected chi connectivity index (χ1v) is 4.83. The van der Waals surface area contributed by atoms with Gasteiger partial charge in [0.1, 0.15) is 11.9 Å². The molecule has 2 atom stereocenters. The maximum Gasteiger partial charge on any atom is 0.337 e. The second-order valence-corrected chi connectivity index (χ2v) is 3.46. The number of hydrogen-bond donors (Lipinski definition) is 3. The maximum atomic E-state index is 13.1. The highest BCUT2D eigenvalue weighted by atomic mass is 19.1. The van der Waals surface area contributed by atoms with E-state index in [4.69, 9.17) is 5.11 Å². The lowest BCUT2D eigenvalue weighted by atomic mass is 10.0. The molecule has 1 rings (SSSR count). The summed E-state index contributed by atoms with van der Waals surface area (Å²) in [6, 6.07) is 3.34. The molecule has 1 aromatic rings. The smallest absolute Gasteiger partial charge is 0.337 e. The van der Waals surface area contributed by atoms with E-state index in [0.29, 0.717) is 0 Å². The molecule has 0 aliphatic rings. The molecule has 6 heteroatoms. The van der Waals surface area contributed by atoms with E-state index < -0.39 is 30.6 Å². The summed E-state index contributed by atoms with van der Waals surface area (Å²) in [6.45, 7) is -0.411. The van der Waals surface area contributed by atoms with Gasteiger partial charge < -0.3 is 20.1 Å². The Morgan fingerprint density at radius 3 is 2.59 bits per heavy atom. The third-order valence-corrected chi connectivity index (χ3v) is 2.25. The summed E-state index contributed by atoms with van der Waals surface area (Å²) in [5.41, 5.74) is 0.225. The molecule has 0 fully saturated rings. The van der Waals surface area contributed by atoms with Crippen molar-refractivity contribution in [2.24, 2.45) is 0 Å². The van der Waals surface area contributed by atoms with Crippen LogP contribution in [0.3, 0.4) is 0 Å². The summed E-state index contributed by atoms with van der Waals surface area (Å²) >= 11 is 0. The Labute approximate surface area is 97.1 Å². The number of rotatable bonds is 4. The lowest BCUT2D eigenvalue weighted by Gasteiger charge is -2.16. The van der Waals surface area contributed by atoms with Crippen LogP contribution in [0.4, 0.5) is 4.39 Å². The van der Waals surface area contributed by atoms with E-state index in [-0.39, 0.29) is 11.1 Å². The van der Waals surface area contributed by atoms with E-state index in [9.17, 15) is 19.4 Å². The fraction of sp³-hybridized carbons (Fsp3) is 0.364. The van der Waals surface area contributed by atoms with Crippen LogP contribution in [0.2, 0.25) is 0 Å². The number of halogens is 1. The molecular formula is C11H13FO5. The van der Waals surface area contributed by atoms with Crippen LogP contribution >= 0.6 is 0 Å². The number of hydrogen-bond acceptors (Lipinski definition) is 5. The monoisotopic (exact) mass is 244 g/mol. The van der Waals surface area contributed by atoms with Crippen molar-refractivity contribution in [2.75, 3.05) is 7.11 Å². The van der Waals surface area contributed by atoms with Gasteiger partial charge >= 0.3 is 5.97 Å². The third kappa shape index (κ3) is 3.23. The molecular weight excluding hydrogens is 231 g/mol. The van der Waals surface area contributed by atoms with Crippen LogP contribution < -0.4 is 0 Å². The highest BCUT2D eigenvalue weighted by Crippen LogP contribution is 2.20. The van der Waals surface area contributed by atoms with Crippen LogP contribution in [-0.2, 0) is 16.1 Å². The van der Waals surface area contributed by atoms with E-state index in [0.717, 1.165) is 19.2 Å². The number of carbonyl (C=O) groups excluding carboxylic acids is 1. The zero-order chi connectivity index (χ0) is 13.0. The molecule has 1 aromatic carbocycles. The summed E-state index contributed by atoms with van der Waals surface area (Å²) in [5.74, 6) is -1.70. The van der Waals surface area contributed by atoms with Gasteiger partial charge in [0.15, 0.2) is 6.10 Å².